The fourth-order valence-electron chi connectivity index (χ4n) is 3.30. The molecule has 1 aliphatic carbocycles. The molecule has 2 atom stereocenters. The van der Waals surface area contributed by atoms with Crippen molar-refractivity contribution >= 4 is 5.91 Å². The van der Waals surface area contributed by atoms with Gasteiger partial charge in [0, 0.05) is 6.04 Å². The Morgan fingerprint density at radius 3 is 2.95 bits per heavy atom. The summed E-state index contributed by atoms with van der Waals surface area (Å²) in [5.41, 5.74) is 2.34. The van der Waals surface area contributed by atoms with E-state index in [-0.39, 0.29) is 5.91 Å². The lowest BCUT2D eigenvalue weighted by atomic mass is 9.96. The van der Waals surface area contributed by atoms with E-state index in [1.165, 1.54) is 37.7 Å². The van der Waals surface area contributed by atoms with Gasteiger partial charge < -0.3 is 5.32 Å². The van der Waals surface area contributed by atoms with E-state index in [4.69, 9.17) is 0 Å². The summed E-state index contributed by atoms with van der Waals surface area (Å²) >= 11 is 0. The molecule has 1 aliphatic rings. The average molecular weight is 273 g/mol. The van der Waals surface area contributed by atoms with E-state index in [9.17, 15) is 4.79 Å². The Balaban J connectivity index is 1.84. The van der Waals surface area contributed by atoms with Gasteiger partial charge in [-0.15, -0.1) is 0 Å². The normalized spacial score (nSPS) is 21.9. The fourth-order valence-corrected chi connectivity index (χ4v) is 3.30. The quantitative estimate of drug-likeness (QED) is 0.833. The van der Waals surface area contributed by atoms with Crippen LogP contribution in [0.3, 0.4) is 0 Å². The Morgan fingerprint density at radius 2 is 2.20 bits per heavy atom. The number of carbonyl (C=O) groups excluding carboxylic acids is 1. The number of amides is 1. The number of hydrogen-bond acceptors (Lipinski definition) is 1. The number of unbranched alkanes of at least 4 members (excludes halogenated alkanes) is 1. The summed E-state index contributed by atoms with van der Waals surface area (Å²) in [6.07, 6.45) is 8.03. The molecule has 1 aromatic rings. The van der Waals surface area contributed by atoms with Gasteiger partial charge in [-0.1, -0.05) is 56.0 Å². The van der Waals surface area contributed by atoms with Gasteiger partial charge in [0.05, 0.1) is 6.42 Å². The molecule has 1 fully saturated rings. The molecular weight excluding hydrogens is 246 g/mol. The number of nitrogens with one attached hydrogen (secondary N) is 1. The van der Waals surface area contributed by atoms with Gasteiger partial charge in [0.15, 0.2) is 0 Å². The van der Waals surface area contributed by atoms with E-state index < -0.39 is 0 Å². The molecule has 1 amide bonds. The summed E-state index contributed by atoms with van der Waals surface area (Å²) in [4.78, 5) is 12.2. The Kier molecular flexibility index (Phi) is 5.63. The third kappa shape index (κ3) is 4.36. The molecular formula is C18H27NO. The first-order chi connectivity index (χ1) is 9.69. The molecule has 0 spiro atoms. The molecule has 0 heterocycles. The smallest absolute Gasteiger partial charge is 0.224 e. The van der Waals surface area contributed by atoms with Gasteiger partial charge in [0.25, 0.3) is 0 Å². The van der Waals surface area contributed by atoms with Crippen molar-refractivity contribution in [3.8, 4) is 0 Å². The summed E-state index contributed by atoms with van der Waals surface area (Å²) in [6, 6.07) is 8.65. The van der Waals surface area contributed by atoms with Crippen LogP contribution in [0.5, 0.6) is 0 Å². The van der Waals surface area contributed by atoms with Gasteiger partial charge in [-0.05, 0) is 37.7 Å². The molecule has 1 aromatic carbocycles. The van der Waals surface area contributed by atoms with Crippen molar-refractivity contribution in [1.82, 2.24) is 5.32 Å². The highest BCUT2D eigenvalue weighted by atomic mass is 16.1. The maximum atomic E-state index is 12.2. The minimum Gasteiger partial charge on any atom is -0.353 e. The molecule has 0 aromatic heterocycles. The fraction of sp³-hybridized carbons (Fsp3) is 0.611. The third-order valence-electron chi connectivity index (χ3n) is 4.38. The van der Waals surface area contributed by atoms with Gasteiger partial charge in [-0.3, -0.25) is 4.79 Å². The van der Waals surface area contributed by atoms with Gasteiger partial charge in [-0.25, -0.2) is 0 Å². The Bertz CT molecular complexity index is 441. The molecule has 0 aliphatic heterocycles. The summed E-state index contributed by atoms with van der Waals surface area (Å²) in [7, 11) is 0. The highest BCUT2D eigenvalue weighted by Gasteiger charge is 2.27. The molecule has 0 bridgehead atoms. The number of rotatable bonds is 6. The number of aryl methyl sites for hydroxylation is 1. The number of hydrogen-bond donors (Lipinski definition) is 1. The lowest BCUT2D eigenvalue weighted by Gasteiger charge is -2.21. The summed E-state index contributed by atoms with van der Waals surface area (Å²) in [6.45, 7) is 4.30. The highest BCUT2D eigenvalue weighted by molar-refractivity contribution is 5.79. The lowest BCUT2D eigenvalue weighted by molar-refractivity contribution is -0.121. The predicted molar refractivity (Wildman–Crippen MR) is 83.7 cm³/mol. The van der Waals surface area contributed by atoms with Crippen molar-refractivity contribution < 1.29 is 4.79 Å². The third-order valence-corrected chi connectivity index (χ3v) is 4.38. The van der Waals surface area contributed by atoms with Crippen molar-refractivity contribution in [2.45, 2.75) is 64.8 Å². The average Bonchev–Trinajstić information content (AvgIpc) is 2.83. The Hall–Kier alpha value is -1.31. The van der Waals surface area contributed by atoms with Crippen molar-refractivity contribution in [3.63, 3.8) is 0 Å². The second kappa shape index (κ2) is 7.47. The maximum absolute atomic E-state index is 12.2. The number of benzene rings is 1. The second-order valence-corrected chi connectivity index (χ2v) is 6.17. The van der Waals surface area contributed by atoms with Crippen LogP contribution in [-0.4, -0.2) is 11.9 Å². The largest absolute Gasteiger partial charge is 0.353 e. The van der Waals surface area contributed by atoms with Gasteiger partial charge in [0.1, 0.15) is 0 Å². The Morgan fingerprint density at radius 1 is 1.35 bits per heavy atom. The lowest BCUT2D eigenvalue weighted by Crippen LogP contribution is -2.38. The zero-order valence-corrected chi connectivity index (χ0v) is 12.8. The number of carbonyl (C=O) groups is 1. The molecule has 0 radical (unpaired) electrons. The van der Waals surface area contributed by atoms with Crippen LogP contribution in [0.25, 0.3) is 0 Å². The minimum atomic E-state index is 0.184. The summed E-state index contributed by atoms with van der Waals surface area (Å²) in [5.74, 6) is 0.889. The summed E-state index contributed by atoms with van der Waals surface area (Å²) < 4.78 is 0. The first kappa shape index (κ1) is 15.1. The van der Waals surface area contributed by atoms with Crippen molar-refractivity contribution in [2.75, 3.05) is 0 Å². The first-order valence-corrected chi connectivity index (χ1v) is 8.04. The first-order valence-electron chi connectivity index (χ1n) is 8.04. The van der Waals surface area contributed by atoms with Crippen LogP contribution in [0, 0.1) is 12.8 Å². The molecule has 20 heavy (non-hydrogen) atoms. The molecule has 1 saturated carbocycles. The van der Waals surface area contributed by atoms with Crippen LogP contribution >= 0.6 is 0 Å². The molecule has 2 heteroatoms. The van der Waals surface area contributed by atoms with Gasteiger partial charge in [0.2, 0.25) is 5.91 Å². The van der Waals surface area contributed by atoms with E-state index in [0.29, 0.717) is 18.4 Å². The van der Waals surface area contributed by atoms with Crippen LogP contribution in [0.4, 0.5) is 0 Å². The topological polar surface area (TPSA) is 29.1 Å². The standard InChI is InChI=1S/C18H27NO/c1-3-4-9-16-10-6-11-17(16)19-18(20)13-15-8-5-7-14(2)12-15/h5,7-8,12,16-17H,3-4,6,9-11,13H2,1-2H3,(H,19,20). The SMILES string of the molecule is CCCCC1CCCC1NC(=O)Cc1cccc(C)c1. The van der Waals surface area contributed by atoms with E-state index >= 15 is 0 Å². The molecule has 110 valence electrons. The van der Waals surface area contributed by atoms with Crippen molar-refractivity contribution in [1.29, 1.82) is 0 Å². The van der Waals surface area contributed by atoms with Gasteiger partial charge in [-0.2, -0.15) is 0 Å². The molecule has 2 unspecified atom stereocenters. The molecule has 2 nitrogen and oxygen atoms in total. The van der Waals surface area contributed by atoms with E-state index in [1.54, 1.807) is 0 Å². The van der Waals surface area contributed by atoms with Crippen LogP contribution in [-0.2, 0) is 11.2 Å². The second-order valence-electron chi connectivity index (χ2n) is 6.17. The summed E-state index contributed by atoms with van der Waals surface area (Å²) in [5, 5.41) is 3.27. The van der Waals surface area contributed by atoms with Crippen LogP contribution < -0.4 is 5.32 Å². The van der Waals surface area contributed by atoms with E-state index in [1.807, 2.05) is 12.1 Å². The van der Waals surface area contributed by atoms with Crippen LogP contribution in [0.2, 0.25) is 0 Å². The zero-order valence-electron chi connectivity index (χ0n) is 12.8. The van der Waals surface area contributed by atoms with E-state index in [2.05, 4.69) is 31.3 Å². The highest BCUT2D eigenvalue weighted by Crippen LogP contribution is 2.29. The Labute approximate surface area is 123 Å². The monoisotopic (exact) mass is 273 g/mol. The van der Waals surface area contributed by atoms with Crippen molar-refractivity contribution in [2.24, 2.45) is 5.92 Å². The maximum Gasteiger partial charge on any atom is 0.224 e. The van der Waals surface area contributed by atoms with Crippen molar-refractivity contribution in [3.05, 3.63) is 35.4 Å². The molecule has 2 rings (SSSR count). The van der Waals surface area contributed by atoms with Crippen LogP contribution in [0.1, 0.15) is 56.6 Å². The van der Waals surface area contributed by atoms with E-state index in [0.717, 1.165) is 12.0 Å². The zero-order chi connectivity index (χ0) is 14.4. The van der Waals surface area contributed by atoms with Gasteiger partial charge >= 0.3 is 0 Å². The van der Waals surface area contributed by atoms with Crippen LogP contribution in [0.15, 0.2) is 24.3 Å². The molecule has 0 saturated heterocycles. The molecule has 1 N–H and O–H groups in total. The predicted octanol–water partition coefficient (Wildman–Crippen LogP) is 4.01. The minimum absolute atomic E-state index is 0.184.